The van der Waals surface area contributed by atoms with Crippen molar-refractivity contribution in [2.24, 2.45) is 5.92 Å². The number of fused-ring (bicyclic) bond motifs is 1. The fourth-order valence-electron chi connectivity index (χ4n) is 3.26. The van der Waals surface area contributed by atoms with Crippen LogP contribution >= 0.6 is 23.1 Å². The van der Waals surface area contributed by atoms with Gasteiger partial charge in [0.15, 0.2) is 10.8 Å². The number of benzene rings is 1. The van der Waals surface area contributed by atoms with Gasteiger partial charge in [-0.3, -0.25) is 4.79 Å². The molecule has 0 unspecified atom stereocenters. The van der Waals surface area contributed by atoms with Gasteiger partial charge in [0.2, 0.25) is 5.91 Å². The second-order valence-electron chi connectivity index (χ2n) is 7.41. The van der Waals surface area contributed by atoms with Crippen molar-refractivity contribution in [2.75, 3.05) is 29.1 Å². The summed E-state index contributed by atoms with van der Waals surface area (Å²) in [6, 6.07) is 4.57. The summed E-state index contributed by atoms with van der Waals surface area (Å²) >= 11 is 2.72. The van der Waals surface area contributed by atoms with Crippen molar-refractivity contribution < 1.29 is 18.0 Å². The Morgan fingerprint density at radius 1 is 1.29 bits per heavy atom. The van der Waals surface area contributed by atoms with Crippen LogP contribution in [0.2, 0.25) is 0 Å². The molecule has 1 amide bonds. The van der Waals surface area contributed by atoms with E-state index in [1.807, 2.05) is 0 Å². The first kappa shape index (κ1) is 21.8. The Labute approximate surface area is 185 Å². The number of rotatable bonds is 5. The van der Waals surface area contributed by atoms with Crippen LogP contribution in [0, 0.1) is 5.92 Å². The number of nitrogens with one attached hydrogen (secondary N) is 1. The van der Waals surface area contributed by atoms with Gasteiger partial charge in [0, 0.05) is 18.8 Å². The lowest BCUT2D eigenvalue weighted by Crippen LogP contribution is -2.32. The van der Waals surface area contributed by atoms with Crippen molar-refractivity contribution in [3.8, 4) is 0 Å². The minimum Gasteiger partial charge on any atom is -0.348 e. The molecule has 1 aliphatic rings. The van der Waals surface area contributed by atoms with Gasteiger partial charge >= 0.3 is 6.18 Å². The van der Waals surface area contributed by atoms with Crippen LogP contribution in [-0.4, -0.2) is 39.7 Å². The molecule has 1 aromatic carbocycles. The van der Waals surface area contributed by atoms with Crippen molar-refractivity contribution in [1.29, 1.82) is 0 Å². The average molecular weight is 468 g/mol. The van der Waals surface area contributed by atoms with E-state index in [2.05, 4.69) is 32.1 Å². The van der Waals surface area contributed by atoms with Crippen LogP contribution in [0.1, 0.15) is 25.3 Å². The number of amides is 1. The molecule has 3 heterocycles. The number of alkyl halides is 3. The maximum absolute atomic E-state index is 12.8. The van der Waals surface area contributed by atoms with Gasteiger partial charge < -0.3 is 10.2 Å². The molecule has 4 rings (SSSR count). The largest absolute Gasteiger partial charge is 0.416 e. The van der Waals surface area contributed by atoms with Crippen molar-refractivity contribution >= 4 is 50.2 Å². The molecule has 1 N–H and O–H groups in total. The monoisotopic (exact) mass is 467 g/mol. The van der Waals surface area contributed by atoms with Crippen molar-refractivity contribution in [2.45, 2.75) is 31.0 Å². The Kier molecular flexibility index (Phi) is 6.33. The molecule has 1 saturated heterocycles. The lowest BCUT2D eigenvalue weighted by atomic mass is 10.00. The van der Waals surface area contributed by atoms with Crippen LogP contribution in [0.5, 0.6) is 0 Å². The zero-order chi connectivity index (χ0) is 22.0. The van der Waals surface area contributed by atoms with E-state index in [1.165, 1.54) is 41.6 Å². The molecule has 0 spiro atoms. The predicted octanol–water partition coefficient (Wildman–Crippen LogP) is 5.07. The summed E-state index contributed by atoms with van der Waals surface area (Å²) in [5.41, 5.74) is -0.109. The number of hydrogen-bond acceptors (Lipinski definition) is 7. The van der Waals surface area contributed by atoms with E-state index in [1.54, 1.807) is 0 Å². The zero-order valence-corrected chi connectivity index (χ0v) is 18.3. The van der Waals surface area contributed by atoms with E-state index in [4.69, 9.17) is 0 Å². The highest BCUT2D eigenvalue weighted by Gasteiger charge is 2.30. The van der Waals surface area contributed by atoms with Crippen LogP contribution in [-0.2, 0) is 11.0 Å². The Balaban J connectivity index is 1.42. The zero-order valence-electron chi connectivity index (χ0n) is 16.6. The maximum atomic E-state index is 12.8. The minimum absolute atomic E-state index is 0.0107. The van der Waals surface area contributed by atoms with Gasteiger partial charge in [-0.2, -0.15) is 18.2 Å². The first-order valence-corrected chi connectivity index (χ1v) is 11.6. The van der Waals surface area contributed by atoms with Gasteiger partial charge in [-0.1, -0.05) is 36.1 Å². The summed E-state index contributed by atoms with van der Waals surface area (Å²) in [4.78, 5) is 27.7. The highest BCUT2D eigenvalue weighted by molar-refractivity contribution is 8.00. The molecule has 1 fully saturated rings. The average Bonchev–Trinajstić information content (AvgIpc) is 3.17. The Bertz CT molecular complexity index is 1080. The number of halogens is 3. The number of thiazole rings is 1. The van der Waals surface area contributed by atoms with E-state index < -0.39 is 17.6 Å². The summed E-state index contributed by atoms with van der Waals surface area (Å²) in [7, 11) is 0. The quantitative estimate of drug-likeness (QED) is 0.417. The normalized spacial score (nSPS) is 15.4. The number of nitrogens with zero attached hydrogens (tertiary/aromatic N) is 4. The van der Waals surface area contributed by atoms with Crippen LogP contribution in [0.3, 0.4) is 0 Å². The molecule has 2 aromatic heterocycles. The molecule has 31 heavy (non-hydrogen) atoms. The van der Waals surface area contributed by atoms with E-state index in [0.717, 1.165) is 47.9 Å². The maximum Gasteiger partial charge on any atom is 0.416 e. The van der Waals surface area contributed by atoms with E-state index in [-0.39, 0.29) is 11.4 Å². The van der Waals surface area contributed by atoms with Gasteiger partial charge in [-0.15, -0.1) is 0 Å². The second kappa shape index (κ2) is 8.99. The number of carbonyl (C=O) groups is 1. The highest BCUT2D eigenvalue weighted by atomic mass is 32.2. The van der Waals surface area contributed by atoms with Crippen LogP contribution in [0.4, 0.5) is 24.0 Å². The molecule has 0 saturated carbocycles. The smallest absolute Gasteiger partial charge is 0.348 e. The molecule has 0 aliphatic carbocycles. The minimum atomic E-state index is -4.46. The molecule has 11 heteroatoms. The summed E-state index contributed by atoms with van der Waals surface area (Å²) < 4.78 is 39.3. The van der Waals surface area contributed by atoms with Crippen molar-refractivity contribution in [3.05, 3.63) is 36.2 Å². The van der Waals surface area contributed by atoms with Gasteiger partial charge in [0.25, 0.3) is 0 Å². The molecule has 3 aromatic rings. The third-order valence-corrected chi connectivity index (χ3v) is 7.25. The first-order valence-electron chi connectivity index (χ1n) is 9.76. The van der Waals surface area contributed by atoms with Crippen molar-refractivity contribution in [1.82, 2.24) is 15.0 Å². The topological polar surface area (TPSA) is 71.0 Å². The van der Waals surface area contributed by atoms with Gasteiger partial charge in [0.05, 0.1) is 11.3 Å². The number of anilines is 2. The third-order valence-electron chi connectivity index (χ3n) is 5.02. The standard InChI is InChI=1S/C20H20F3N5OS2/c1-12-5-7-28(8-6-12)19-27-17-16(31-19)18(25-11-24-17)30-10-15(29)26-14-4-2-3-13(9-14)20(21,22)23/h2-4,9,11-12H,5-8,10H2,1H3,(H,26,29). The number of piperidine rings is 1. The molecular formula is C20H20F3N5OS2. The molecule has 1 aliphatic heterocycles. The van der Waals surface area contributed by atoms with Crippen LogP contribution < -0.4 is 10.2 Å². The van der Waals surface area contributed by atoms with E-state index >= 15 is 0 Å². The predicted molar refractivity (Wildman–Crippen MR) is 117 cm³/mol. The third kappa shape index (κ3) is 5.27. The molecule has 0 bridgehead atoms. The molecular weight excluding hydrogens is 447 g/mol. The molecule has 6 nitrogen and oxygen atoms in total. The van der Waals surface area contributed by atoms with E-state index in [9.17, 15) is 18.0 Å². The number of carbonyl (C=O) groups excluding carboxylic acids is 1. The fourth-order valence-corrected chi connectivity index (χ4v) is 5.21. The van der Waals surface area contributed by atoms with Crippen LogP contribution in [0.25, 0.3) is 10.3 Å². The van der Waals surface area contributed by atoms with Crippen molar-refractivity contribution in [3.63, 3.8) is 0 Å². The SMILES string of the molecule is CC1CCN(c2nc3ncnc(SCC(=O)Nc4cccc(C(F)(F)F)c4)c3s2)CC1. The molecule has 0 atom stereocenters. The summed E-state index contributed by atoms with van der Waals surface area (Å²) in [6.07, 6.45) is -0.798. The lowest BCUT2D eigenvalue weighted by Gasteiger charge is -2.29. The Morgan fingerprint density at radius 3 is 2.81 bits per heavy atom. The summed E-state index contributed by atoms with van der Waals surface area (Å²) in [5.74, 6) is 0.314. The lowest BCUT2D eigenvalue weighted by molar-refractivity contribution is -0.137. The second-order valence-corrected chi connectivity index (χ2v) is 9.35. The number of hydrogen-bond donors (Lipinski definition) is 1. The van der Waals surface area contributed by atoms with E-state index in [0.29, 0.717) is 16.6 Å². The van der Waals surface area contributed by atoms with Gasteiger partial charge in [-0.05, 0) is 37.0 Å². The van der Waals surface area contributed by atoms with Gasteiger partial charge in [0.1, 0.15) is 16.1 Å². The van der Waals surface area contributed by atoms with Crippen LogP contribution in [0.15, 0.2) is 35.6 Å². The Morgan fingerprint density at radius 2 is 2.06 bits per heavy atom. The number of thioether (sulfide) groups is 1. The highest BCUT2D eigenvalue weighted by Crippen LogP contribution is 2.35. The Hall–Kier alpha value is -2.40. The number of aromatic nitrogens is 3. The first-order chi connectivity index (χ1) is 14.8. The summed E-state index contributed by atoms with van der Waals surface area (Å²) in [6.45, 7) is 4.16. The molecule has 164 valence electrons. The molecule has 0 radical (unpaired) electrons. The summed E-state index contributed by atoms with van der Waals surface area (Å²) in [5, 5.41) is 4.05. The van der Waals surface area contributed by atoms with Gasteiger partial charge in [-0.25, -0.2) is 9.97 Å². The fraction of sp³-hybridized carbons (Fsp3) is 0.400.